The van der Waals surface area contributed by atoms with E-state index < -0.39 is 21.2 Å². The zero-order chi connectivity index (χ0) is 22.2. The summed E-state index contributed by atoms with van der Waals surface area (Å²) < 4.78 is 37.3. The molecule has 11 heteroatoms. The van der Waals surface area contributed by atoms with E-state index in [0.717, 1.165) is 0 Å². The zero-order valence-electron chi connectivity index (χ0n) is 17.7. The first kappa shape index (κ1) is 21.9. The van der Waals surface area contributed by atoms with Crippen molar-refractivity contribution >= 4 is 27.5 Å². The van der Waals surface area contributed by atoms with Gasteiger partial charge in [0.25, 0.3) is 0 Å². The highest BCUT2D eigenvalue weighted by atomic mass is 32.2. The van der Waals surface area contributed by atoms with Crippen LogP contribution in [0.3, 0.4) is 0 Å². The molecule has 168 valence electrons. The highest BCUT2D eigenvalue weighted by Crippen LogP contribution is 2.36. The Balaban J connectivity index is 1.44. The van der Waals surface area contributed by atoms with Gasteiger partial charge in [0.2, 0.25) is 5.91 Å². The van der Waals surface area contributed by atoms with E-state index in [1.165, 1.54) is 11.8 Å². The lowest BCUT2D eigenvalue weighted by Crippen LogP contribution is -2.44. The first-order chi connectivity index (χ1) is 14.8. The molecule has 3 heterocycles. The van der Waals surface area contributed by atoms with Crippen LogP contribution in [0.2, 0.25) is 0 Å². The second-order valence-corrected chi connectivity index (χ2v) is 11.2. The number of sulfone groups is 1. The summed E-state index contributed by atoms with van der Waals surface area (Å²) in [5, 5.41) is 8.68. The lowest BCUT2D eigenvalue weighted by Gasteiger charge is -2.29. The second-order valence-electron chi connectivity index (χ2n) is 7.71. The number of fused-ring (bicyclic) bond motifs is 1. The van der Waals surface area contributed by atoms with E-state index in [0.29, 0.717) is 42.1 Å². The Hall–Kier alpha value is -2.27. The second kappa shape index (κ2) is 8.70. The van der Waals surface area contributed by atoms with E-state index in [1.807, 2.05) is 49.7 Å². The first-order valence-corrected chi connectivity index (χ1v) is 12.9. The number of carbonyl (C=O) groups is 1. The van der Waals surface area contributed by atoms with E-state index in [1.54, 1.807) is 4.90 Å². The molecule has 9 nitrogen and oxygen atoms in total. The van der Waals surface area contributed by atoms with E-state index in [2.05, 4.69) is 10.2 Å². The van der Waals surface area contributed by atoms with Crippen LogP contribution in [0, 0.1) is 0 Å². The number of thioether (sulfide) groups is 1. The number of nitrogens with zero attached hydrogens (tertiary/aromatic N) is 4. The highest BCUT2D eigenvalue weighted by Gasteiger charge is 2.36. The topological polar surface area (TPSA) is 104 Å². The molecule has 3 atom stereocenters. The molecule has 1 saturated heterocycles. The van der Waals surface area contributed by atoms with Crippen molar-refractivity contribution in [3.63, 3.8) is 0 Å². The standard InChI is InChI=1S/C20H26N4O5S2/c1-4-24(14-9-10-31(26,27)12-14)19(25)13(2)30-20-22-21-18(23(20)3)17-11-28-15-7-5-6-8-16(15)29-17/h5-8,13-14,17H,4,9-12H2,1-3H3. The van der Waals surface area contributed by atoms with Gasteiger partial charge in [0.15, 0.2) is 38.4 Å². The molecule has 0 saturated carbocycles. The molecule has 0 N–H and O–H groups in total. The quantitative estimate of drug-likeness (QED) is 0.594. The summed E-state index contributed by atoms with van der Waals surface area (Å²) in [6.07, 6.45) is 0.0945. The zero-order valence-corrected chi connectivity index (χ0v) is 19.4. The molecule has 2 aromatic rings. The molecule has 0 radical (unpaired) electrons. The summed E-state index contributed by atoms with van der Waals surface area (Å²) >= 11 is 1.30. The molecule has 0 bridgehead atoms. The van der Waals surface area contributed by atoms with Crippen molar-refractivity contribution in [1.82, 2.24) is 19.7 Å². The Labute approximate surface area is 186 Å². The number of ether oxygens (including phenoxy) is 2. The fourth-order valence-electron chi connectivity index (χ4n) is 3.91. The lowest BCUT2D eigenvalue weighted by molar-refractivity contribution is -0.131. The predicted molar refractivity (Wildman–Crippen MR) is 116 cm³/mol. The molecule has 1 amide bonds. The van der Waals surface area contributed by atoms with Gasteiger partial charge in [0.1, 0.15) is 6.61 Å². The van der Waals surface area contributed by atoms with Gasteiger partial charge in [0.05, 0.1) is 16.8 Å². The first-order valence-electron chi connectivity index (χ1n) is 10.2. The highest BCUT2D eigenvalue weighted by molar-refractivity contribution is 8.00. The summed E-state index contributed by atoms with van der Waals surface area (Å²) in [7, 11) is -1.23. The number of para-hydroxylation sites is 2. The maximum atomic E-state index is 13.0. The number of rotatable bonds is 6. The van der Waals surface area contributed by atoms with Crippen molar-refractivity contribution in [2.45, 2.75) is 42.8 Å². The molecule has 1 aromatic heterocycles. The third kappa shape index (κ3) is 4.52. The molecular formula is C20H26N4O5S2. The Morgan fingerprint density at radius 1 is 1.32 bits per heavy atom. The molecule has 4 rings (SSSR count). The van der Waals surface area contributed by atoms with Crippen molar-refractivity contribution in [3.05, 3.63) is 30.1 Å². The predicted octanol–water partition coefficient (Wildman–Crippen LogP) is 1.84. The average Bonchev–Trinajstić information content (AvgIpc) is 3.30. The van der Waals surface area contributed by atoms with Gasteiger partial charge in [-0.25, -0.2) is 8.42 Å². The summed E-state index contributed by atoms with van der Waals surface area (Å²) in [5.74, 6) is 2.06. The minimum absolute atomic E-state index is 0.0402. The largest absolute Gasteiger partial charge is 0.485 e. The molecule has 31 heavy (non-hydrogen) atoms. The van der Waals surface area contributed by atoms with Crippen molar-refractivity contribution in [2.24, 2.45) is 7.05 Å². The van der Waals surface area contributed by atoms with Gasteiger partial charge < -0.3 is 18.9 Å². The van der Waals surface area contributed by atoms with Crippen LogP contribution in [0.15, 0.2) is 29.4 Å². The van der Waals surface area contributed by atoms with Gasteiger partial charge in [-0.3, -0.25) is 4.79 Å². The molecule has 0 aliphatic carbocycles. The molecular weight excluding hydrogens is 440 g/mol. The summed E-state index contributed by atoms with van der Waals surface area (Å²) in [6, 6.07) is 7.21. The van der Waals surface area contributed by atoms with Crippen molar-refractivity contribution in [3.8, 4) is 11.5 Å². The molecule has 1 aromatic carbocycles. The molecule has 1 fully saturated rings. The monoisotopic (exact) mass is 466 g/mol. The van der Waals surface area contributed by atoms with Crippen LogP contribution in [0.4, 0.5) is 0 Å². The van der Waals surface area contributed by atoms with Gasteiger partial charge in [-0.15, -0.1) is 10.2 Å². The maximum absolute atomic E-state index is 13.0. The fraction of sp³-hybridized carbons (Fsp3) is 0.550. The van der Waals surface area contributed by atoms with Gasteiger partial charge in [-0.05, 0) is 32.4 Å². The molecule has 2 aliphatic rings. The molecule has 3 unspecified atom stereocenters. The number of hydrogen-bond donors (Lipinski definition) is 0. The van der Waals surface area contributed by atoms with Crippen molar-refractivity contribution < 1.29 is 22.7 Å². The van der Waals surface area contributed by atoms with E-state index >= 15 is 0 Å². The number of aromatic nitrogens is 3. The third-order valence-electron chi connectivity index (χ3n) is 5.57. The normalized spacial score (nSPS) is 22.8. The Kier molecular flexibility index (Phi) is 6.16. The Morgan fingerprint density at radius 2 is 2.06 bits per heavy atom. The number of carbonyl (C=O) groups excluding carboxylic acids is 1. The van der Waals surface area contributed by atoms with Gasteiger partial charge in [-0.1, -0.05) is 23.9 Å². The van der Waals surface area contributed by atoms with Gasteiger partial charge in [0, 0.05) is 19.6 Å². The summed E-state index contributed by atoms with van der Waals surface area (Å²) in [6.45, 7) is 4.48. The summed E-state index contributed by atoms with van der Waals surface area (Å²) in [5.41, 5.74) is 0. The Morgan fingerprint density at radius 3 is 2.74 bits per heavy atom. The van der Waals surface area contributed by atoms with Crippen molar-refractivity contribution in [1.29, 1.82) is 0 Å². The molecule has 2 aliphatic heterocycles. The smallest absolute Gasteiger partial charge is 0.236 e. The van der Waals surface area contributed by atoms with E-state index in [9.17, 15) is 13.2 Å². The van der Waals surface area contributed by atoms with Gasteiger partial charge >= 0.3 is 0 Å². The lowest BCUT2D eigenvalue weighted by atomic mass is 10.2. The maximum Gasteiger partial charge on any atom is 0.236 e. The number of amides is 1. The van der Waals surface area contributed by atoms with Crippen LogP contribution >= 0.6 is 11.8 Å². The van der Waals surface area contributed by atoms with Crippen LogP contribution in [0.25, 0.3) is 0 Å². The third-order valence-corrected chi connectivity index (χ3v) is 8.44. The SMILES string of the molecule is CCN(C(=O)C(C)Sc1nnc(C2COc3ccccc3O2)n1C)C1CCS(=O)(=O)C1. The summed E-state index contributed by atoms with van der Waals surface area (Å²) in [4.78, 5) is 14.7. The minimum atomic E-state index is -3.06. The van der Waals surface area contributed by atoms with Crippen LogP contribution in [0.1, 0.15) is 32.2 Å². The van der Waals surface area contributed by atoms with Crippen LogP contribution < -0.4 is 9.47 Å². The van der Waals surface area contributed by atoms with Gasteiger partial charge in [-0.2, -0.15) is 0 Å². The number of hydrogen-bond acceptors (Lipinski definition) is 8. The van der Waals surface area contributed by atoms with E-state index in [4.69, 9.17) is 9.47 Å². The van der Waals surface area contributed by atoms with Crippen LogP contribution in [-0.4, -0.2) is 69.9 Å². The van der Waals surface area contributed by atoms with E-state index in [-0.39, 0.29) is 23.5 Å². The average molecular weight is 467 g/mol. The fourth-order valence-corrected chi connectivity index (χ4v) is 6.54. The van der Waals surface area contributed by atoms with Crippen molar-refractivity contribution in [2.75, 3.05) is 24.7 Å². The van der Waals surface area contributed by atoms with Crippen LogP contribution in [0.5, 0.6) is 11.5 Å². The number of benzene rings is 1. The Bertz CT molecular complexity index is 1070. The molecule has 0 spiro atoms. The minimum Gasteiger partial charge on any atom is -0.485 e. The van der Waals surface area contributed by atoms with Crippen LogP contribution in [-0.2, 0) is 21.7 Å².